The number of aryl methyl sites for hydroxylation is 1. The Bertz CT molecular complexity index is 621. The number of nitrogens with one attached hydrogen (secondary N) is 2. The summed E-state index contributed by atoms with van der Waals surface area (Å²) in [6, 6.07) is 5.24. The van der Waals surface area contributed by atoms with Gasteiger partial charge in [-0.15, -0.1) is 0 Å². The average molecular weight is 312 g/mol. The Morgan fingerprint density at radius 2 is 1.62 bits per heavy atom. The summed E-state index contributed by atoms with van der Waals surface area (Å²) < 4.78 is 26.2. The van der Waals surface area contributed by atoms with Crippen LogP contribution in [-0.4, -0.2) is 26.3 Å². The predicted octanol–water partition coefficient (Wildman–Crippen LogP) is 0.961. The van der Waals surface area contributed by atoms with Crippen molar-refractivity contribution in [3.63, 3.8) is 0 Å². The number of sulfonamides is 1. The first kappa shape index (κ1) is 17.2. The fraction of sp³-hybridized carbons (Fsp3) is 0.429. The zero-order chi connectivity index (χ0) is 16.2. The molecule has 1 rings (SSSR count). The molecule has 0 radical (unpaired) electrons. The lowest BCUT2D eigenvalue weighted by Crippen LogP contribution is -2.50. The van der Waals surface area contributed by atoms with Crippen LogP contribution in [0.4, 0.5) is 0 Å². The second-order valence-electron chi connectivity index (χ2n) is 5.21. The van der Waals surface area contributed by atoms with Crippen LogP contribution in [0.15, 0.2) is 29.2 Å². The first-order valence-electron chi connectivity index (χ1n) is 6.54. The van der Waals surface area contributed by atoms with Crippen molar-refractivity contribution in [2.45, 2.75) is 38.6 Å². The largest absolute Gasteiger partial charge is 0.344 e. The summed E-state index contributed by atoms with van der Waals surface area (Å²) in [4.78, 5) is 23.2. The number of carbonyl (C=O) groups is 2. The Morgan fingerprint density at radius 1 is 1.10 bits per heavy atom. The molecule has 1 aromatic carbocycles. The Balaban J connectivity index is 2.94. The van der Waals surface area contributed by atoms with E-state index in [-0.39, 0.29) is 10.8 Å². The standard InChI is InChI=1S/C14H20N2O4S/c1-9(2)13(15-11(4)17)14(18)16-21(19,20)12-7-5-10(3)6-8-12/h5-9,13H,1-4H3,(H,15,17)(H,16,18)/t13-/m0/s1. The molecule has 0 fully saturated rings. The second kappa shape index (κ2) is 6.71. The van der Waals surface area contributed by atoms with Crippen LogP contribution in [0.2, 0.25) is 0 Å². The highest BCUT2D eigenvalue weighted by Crippen LogP contribution is 2.11. The van der Waals surface area contributed by atoms with Crippen LogP contribution < -0.4 is 10.0 Å². The van der Waals surface area contributed by atoms with Gasteiger partial charge in [0.1, 0.15) is 6.04 Å². The van der Waals surface area contributed by atoms with Gasteiger partial charge < -0.3 is 5.32 Å². The molecule has 0 aromatic heterocycles. The summed E-state index contributed by atoms with van der Waals surface area (Å²) in [6.45, 7) is 6.55. The maximum atomic E-state index is 12.1. The molecule has 7 heteroatoms. The van der Waals surface area contributed by atoms with E-state index < -0.39 is 27.9 Å². The molecule has 0 aliphatic carbocycles. The molecule has 0 saturated heterocycles. The number of hydrogen-bond acceptors (Lipinski definition) is 4. The minimum Gasteiger partial charge on any atom is -0.344 e. The Hall–Kier alpha value is -1.89. The Morgan fingerprint density at radius 3 is 2.05 bits per heavy atom. The molecular weight excluding hydrogens is 292 g/mol. The number of benzene rings is 1. The normalized spacial score (nSPS) is 12.8. The van der Waals surface area contributed by atoms with Gasteiger partial charge in [-0.2, -0.15) is 0 Å². The minimum absolute atomic E-state index is 0.00628. The fourth-order valence-electron chi connectivity index (χ4n) is 1.73. The van der Waals surface area contributed by atoms with Crippen molar-refractivity contribution in [1.82, 2.24) is 10.0 Å². The van der Waals surface area contributed by atoms with Crippen LogP contribution in [-0.2, 0) is 19.6 Å². The van der Waals surface area contributed by atoms with E-state index in [2.05, 4.69) is 5.32 Å². The van der Waals surface area contributed by atoms with Crippen molar-refractivity contribution in [2.75, 3.05) is 0 Å². The van der Waals surface area contributed by atoms with Gasteiger partial charge in [0.05, 0.1) is 4.90 Å². The molecule has 2 amide bonds. The summed E-state index contributed by atoms with van der Waals surface area (Å²) in [5.74, 6) is -1.38. The monoisotopic (exact) mass is 312 g/mol. The lowest BCUT2D eigenvalue weighted by molar-refractivity contribution is -0.128. The molecule has 0 spiro atoms. The van der Waals surface area contributed by atoms with E-state index in [0.29, 0.717) is 0 Å². The smallest absolute Gasteiger partial charge is 0.264 e. The van der Waals surface area contributed by atoms with Crippen molar-refractivity contribution in [2.24, 2.45) is 5.92 Å². The SMILES string of the molecule is CC(=O)N[C@H](C(=O)NS(=O)(=O)c1ccc(C)cc1)C(C)C. The van der Waals surface area contributed by atoms with Gasteiger partial charge in [0, 0.05) is 6.92 Å². The molecule has 116 valence electrons. The topological polar surface area (TPSA) is 92.3 Å². The van der Waals surface area contributed by atoms with Gasteiger partial charge in [0.15, 0.2) is 0 Å². The summed E-state index contributed by atoms with van der Waals surface area (Å²) >= 11 is 0. The second-order valence-corrected chi connectivity index (χ2v) is 6.89. The van der Waals surface area contributed by atoms with Gasteiger partial charge in [0.25, 0.3) is 15.9 Å². The third-order valence-corrected chi connectivity index (χ3v) is 4.24. The molecule has 1 aromatic rings. The van der Waals surface area contributed by atoms with E-state index in [1.165, 1.54) is 19.1 Å². The lowest BCUT2D eigenvalue weighted by atomic mass is 10.0. The van der Waals surface area contributed by atoms with Gasteiger partial charge in [-0.3, -0.25) is 9.59 Å². The van der Waals surface area contributed by atoms with Gasteiger partial charge in [-0.1, -0.05) is 31.5 Å². The average Bonchev–Trinajstić information content (AvgIpc) is 2.35. The molecule has 2 N–H and O–H groups in total. The maximum Gasteiger partial charge on any atom is 0.264 e. The Labute approximate surface area is 125 Å². The van der Waals surface area contributed by atoms with E-state index in [0.717, 1.165) is 5.56 Å². The quantitative estimate of drug-likeness (QED) is 0.847. The number of rotatable bonds is 5. The molecule has 21 heavy (non-hydrogen) atoms. The lowest BCUT2D eigenvalue weighted by Gasteiger charge is -2.20. The molecule has 6 nitrogen and oxygen atoms in total. The van der Waals surface area contributed by atoms with E-state index >= 15 is 0 Å². The highest BCUT2D eigenvalue weighted by Gasteiger charge is 2.27. The first-order valence-corrected chi connectivity index (χ1v) is 8.02. The molecular formula is C14H20N2O4S. The van der Waals surface area contributed by atoms with Crippen LogP contribution in [0.5, 0.6) is 0 Å². The summed E-state index contributed by atoms with van der Waals surface area (Å²) in [7, 11) is -3.94. The molecule has 0 heterocycles. The number of carbonyl (C=O) groups excluding carboxylic acids is 2. The van der Waals surface area contributed by atoms with Crippen LogP contribution >= 0.6 is 0 Å². The third kappa shape index (κ3) is 4.86. The molecule has 0 unspecified atom stereocenters. The highest BCUT2D eigenvalue weighted by atomic mass is 32.2. The zero-order valence-corrected chi connectivity index (χ0v) is 13.3. The molecule has 0 saturated carbocycles. The summed E-state index contributed by atoms with van der Waals surface area (Å²) in [6.07, 6.45) is 0. The number of hydrogen-bond donors (Lipinski definition) is 2. The Kier molecular flexibility index (Phi) is 5.48. The van der Waals surface area contributed by atoms with Crippen LogP contribution in [0.25, 0.3) is 0 Å². The molecule has 0 aliphatic heterocycles. The van der Waals surface area contributed by atoms with Crippen molar-refractivity contribution in [1.29, 1.82) is 0 Å². The minimum atomic E-state index is -3.94. The van der Waals surface area contributed by atoms with Crippen LogP contribution in [0.1, 0.15) is 26.3 Å². The molecule has 1 atom stereocenters. The summed E-state index contributed by atoms with van der Waals surface area (Å²) in [5.41, 5.74) is 0.915. The maximum absolute atomic E-state index is 12.1. The number of amides is 2. The van der Waals surface area contributed by atoms with Gasteiger partial charge in [-0.05, 0) is 25.0 Å². The van der Waals surface area contributed by atoms with Gasteiger partial charge in [-0.25, -0.2) is 13.1 Å². The highest BCUT2D eigenvalue weighted by molar-refractivity contribution is 7.90. The predicted molar refractivity (Wildman–Crippen MR) is 79.0 cm³/mol. The van der Waals surface area contributed by atoms with E-state index in [9.17, 15) is 18.0 Å². The fourth-order valence-corrected chi connectivity index (χ4v) is 2.73. The van der Waals surface area contributed by atoms with Gasteiger partial charge in [0.2, 0.25) is 5.91 Å². The van der Waals surface area contributed by atoms with Crippen molar-refractivity contribution < 1.29 is 18.0 Å². The van der Waals surface area contributed by atoms with E-state index in [1.807, 2.05) is 11.6 Å². The van der Waals surface area contributed by atoms with Gasteiger partial charge >= 0.3 is 0 Å². The van der Waals surface area contributed by atoms with Crippen molar-refractivity contribution in [3.05, 3.63) is 29.8 Å². The van der Waals surface area contributed by atoms with E-state index in [4.69, 9.17) is 0 Å². The molecule has 0 aliphatic rings. The van der Waals surface area contributed by atoms with E-state index in [1.54, 1.807) is 26.0 Å². The van der Waals surface area contributed by atoms with Crippen LogP contribution in [0.3, 0.4) is 0 Å². The first-order chi connectivity index (χ1) is 9.63. The third-order valence-electron chi connectivity index (χ3n) is 2.87. The summed E-state index contributed by atoms with van der Waals surface area (Å²) in [5, 5.41) is 2.45. The van der Waals surface area contributed by atoms with Crippen molar-refractivity contribution >= 4 is 21.8 Å². The van der Waals surface area contributed by atoms with Crippen LogP contribution in [0, 0.1) is 12.8 Å². The zero-order valence-electron chi connectivity index (χ0n) is 12.5. The van der Waals surface area contributed by atoms with Crippen molar-refractivity contribution in [3.8, 4) is 0 Å². The molecule has 0 bridgehead atoms.